The Hall–Kier alpha value is -0.750. The summed E-state index contributed by atoms with van der Waals surface area (Å²) in [5, 5.41) is 0. The van der Waals surface area contributed by atoms with E-state index in [0.29, 0.717) is 6.42 Å². The van der Waals surface area contributed by atoms with Crippen LogP contribution >= 0.6 is 0 Å². The molecule has 0 saturated heterocycles. The molecule has 146 valence electrons. The van der Waals surface area contributed by atoms with Crippen molar-refractivity contribution in [1.29, 1.82) is 0 Å². The Morgan fingerprint density at radius 2 is 1.56 bits per heavy atom. The Kier molecular flexibility index (Phi) is 9.28. The molecular formula is C20H36O5. The minimum absolute atomic E-state index is 0.154. The van der Waals surface area contributed by atoms with Gasteiger partial charge in [-0.25, -0.2) is 0 Å². The lowest BCUT2D eigenvalue weighted by Gasteiger charge is -2.26. The lowest BCUT2D eigenvalue weighted by Crippen LogP contribution is -2.31. The number of carbonyl (C=O) groups is 1. The van der Waals surface area contributed by atoms with E-state index in [-0.39, 0.29) is 11.9 Å². The van der Waals surface area contributed by atoms with Crippen LogP contribution < -0.4 is 0 Å². The van der Waals surface area contributed by atoms with Gasteiger partial charge >= 0.3 is 0 Å². The van der Waals surface area contributed by atoms with Crippen molar-refractivity contribution in [3.63, 3.8) is 0 Å². The second-order valence-corrected chi connectivity index (χ2v) is 7.55. The number of Topliss-reactive ketones (excluding diaryl/α,β-unsaturated/α-hetero) is 1. The molecule has 0 amide bonds. The minimum atomic E-state index is -0.656. The van der Waals surface area contributed by atoms with Crippen molar-refractivity contribution in [2.45, 2.75) is 90.3 Å². The highest BCUT2D eigenvalue weighted by molar-refractivity contribution is 5.98. The second-order valence-electron chi connectivity index (χ2n) is 7.55. The van der Waals surface area contributed by atoms with E-state index in [1.54, 1.807) is 14.2 Å². The Morgan fingerprint density at radius 3 is 2.20 bits per heavy atom. The average molecular weight is 357 g/mol. The van der Waals surface area contributed by atoms with E-state index >= 15 is 0 Å². The molecule has 0 N–H and O–H groups in total. The van der Waals surface area contributed by atoms with Crippen molar-refractivity contribution in [3.05, 3.63) is 11.6 Å². The number of hydrogen-bond acceptors (Lipinski definition) is 5. The minimum Gasteiger partial charge on any atom is -0.354 e. The monoisotopic (exact) mass is 356 g/mol. The first kappa shape index (κ1) is 22.3. The zero-order chi connectivity index (χ0) is 18.9. The van der Waals surface area contributed by atoms with E-state index in [9.17, 15) is 4.79 Å². The van der Waals surface area contributed by atoms with E-state index in [0.717, 1.165) is 50.7 Å². The van der Waals surface area contributed by atoms with Crippen LogP contribution in [0.5, 0.6) is 0 Å². The van der Waals surface area contributed by atoms with Crippen LogP contribution in [0.4, 0.5) is 0 Å². The molecule has 0 aromatic heterocycles. The third-order valence-electron chi connectivity index (χ3n) is 4.59. The number of methoxy groups -OCH3 is 2. The lowest BCUT2D eigenvalue weighted by molar-refractivity contribution is -0.212. The van der Waals surface area contributed by atoms with Gasteiger partial charge in [0.05, 0.1) is 6.10 Å². The molecule has 0 aromatic carbocycles. The third kappa shape index (κ3) is 8.95. The molecule has 0 saturated carbocycles. The molecule has 1 aliphatic rings. The summed E-state index contributed by atoms with van der Waals surface area (Å²) in [7, 11) is 3.27. The Labute approximate surface area is 153 Å². The molecule has 0 spiro atoms. The summed E-state index contributed by atoms with van der Waals surface area (Å²) < 4.78 is 21.9. The van der Waals surface area contributed by atoms with Gasteiger partial charge < -0.3 is 18.9 Å². The molecule has 0 radical (unpaired) electrons. The van der Waals surface area contributed by atoms with Crippen LogP contribution in [0.3, 0.4) is 0 Å². The van der Waals surface area contributed by atoms with Crippen LogP contribution in [0.25, 0.3) is 0 Å². The molecule has 0 heterocycles. The Balaban J connectivity index is 2.14. The van der Waals surface area contributed by atoms with Gasteiger partial charge in [-0.1, -0.05) is 19.3 Å². The van der Waals surface area contributed by atoms with Crippen LogP contribution in [0.2, 0.25) is 0 Å². The summed E-state index contributed by atoms with van der Waals surface area (Å²) >= 11 is 0. The normalized spacial score (nSPS) is 18.7. The summed E-state index contributed by atoms with van der Waals surface area (Å²) in [5.74, 6) is -0.936. The molecule has 0 aliphatic heterocycles. The highest BCUT2D eigenvalue weighted by Gasteiger charge is 2.29. The Morgan fingerprint density at radius 1 is 0.960 bits per heavy atom. The van der Waals surface area contributed by atoms with Gasteiger partial charge in [0.2, 0.25) is 0 Å². The number of unbranched alkanes of at least 4 members (excludes halogenated alkanes) is 4. The first-order valence-electron chi connectivity index (χ1n) is 9.35. The Bertz CT molecular complexity index is 439. The highest BCUT2D eigenvalue weighted by Crippen LogP contribution is 2.26. The fourth-order valence-corrected chi connectivity index (χ4v) is 2.73. The van der Waals surface area contributed by atoms with Crippen molar-refractivity contribution in [2.75, 3.05) is 20.8 Å². The molecule has 5 heteroatoms. The van der Waals surface area contributed by atoms with Gasteiger partial charge in [0.1, 0.15) is 0 Å². The summed E-state index contributed by atoms with van der Waals surface area (Å²) in [6, 6.07) is 0. The predicted molar refractivity (Wildman–Crippen MR) is 98.4 cm³/mol. The van der Waals surface area contributed by atoms with Crippen molar-refractivity contribution in [3.8, 4) is 0 Å². The van der Waals surface area contributed by atoms with Crippen molar-refractivity contribution in [1.82, 2.24) is 0 Å². The van der Waals surface area contributed by atoms with Crippen LogP contribution in [0.15, 0.2) is 11.6 Å². The summed E-state index contributed by atoms with van der Waals surface area (Å²) in [4.78, 5) is 12.1. The maximum absolute atomic E-state index is 12.1. The highest BCUT2D eigenvalue weighted by atomic mass is 16.7. The zero-order valence-corrected chi connectivity index (χ0v) is 16.9. The van der Waals surface area contributed by atoms with Crippen LogP contribution in [-0.2, 0) is 23.7 Å². The standard InChI is InChI=1S/C20H36O5/c1-19(2,22-5)24-13-11-9-7-8-10-12-16-14-17(15-18(16)21)25-20(3,4)23-6/h14,17H,7-13,15H2,1-6H3. The number of allylic oxidation sites excluding steroid dienone is 1. The van der Waals surface area contributed by atoms with Gasteiger partial charge in [-0.2, -0.15) is 0 Å². The second kappa shape index (κ2) is 10.4. The first-order chi connectivity index (χ1) is 11.7. The van der Waals surface area contributed by atoms with Crippen LogP contribution in [0.1, 0.15) is 72.6 Å². The molecule has 1 atom stereocenters. The molecule has 0 aromatic rings. The molecule has 1 aliphatic carbocycles. The summed E-state index contributed by atoms with van der Waals surface area (Å²) in [6.07, 6.45) is 8.62. The topological polar surface area (TPSA) is 54.0 Å². The van der Waals surface area contributed by atoms with Crippen molar-refractivity contribution >= 4 is 5.78 Å². The molecule has 5 nitrogen and oxygen atoms in total. The molecule has 0 fully saturated rings. The number of carbonyl (C=O) groups excluding carboxylic acids is 1. The molecular weight excluding hydrogens is 320 g/mol. The van der Waals surface area contributed by atoms with Crippen molar-refractivity contribution < 1.29 is 23.7 Å². The fraction of sp³-hybridized carbons (Fsp3) is 0.850. The van der Waals surface area contributed by atoms with Gasteiger partial charge in [-0.15, -0.1) is 0 Å². The molecule has 1 unspecified atom stereocenters. The number of hydrogen-bond donors (Lipinski definition) is 0. The smallest absolute Gasteiger partial charge is 0.163 e. The van der Waals surface area contributed by atoms with E-state index in [2.05, 4.69) is 0 Å². The predicted octanol–water partition coefficient (Wildman–Crippen LogP) is 4.39. The number of ether oxygens (including phenoxy) is 4. The molecule has 25 heavy (non-hydrogen) atoms. The maximum Gasteiger partial charge on any atom is 0.163 e. The summed E-state index contributed by atoms with van der Waals surface area (Å²) in [5.41, 5.74) is 0.919. The fourth-order valence-electron chi connectivity index (χ4n) is 2.73. The molecule has 1 rings (SSSR count). The zero-order valence-electron chi connectivity index (χ0n) is 16.9. The molecule has 0 bridgehead atoms. The largest absolute Gasteiger partial charge is 0.354 e. The summed E-state index contributed by atoms with van der Waals surface area (Å²) in [6.45, 7) is 8.29. The maximum atomic E-state index is 12.1. The SMILES string of the molecule is COC(C)(C)OCCCCCCCC1=CC(OC(C)(C)OC)CC1=O. The van der Waals surface area contributed by atoms with Gasteiger partial charge in [-0.05, 0) is 58.6 Å². The quantitative estimate of drug-likeness (QED) is 0.362. The van der Waals surface area contributed by atoms with Crippen LogP contribution in [0, 0.1) is 0 Å². The lowest BCUT2D eigenvalue weighted by atomic mass is 10.0. The average Bonchev–Trinajstić information content (AvgIpc) is 2.88. The van der Waals surface area contributed by atoms with Gasteiger partial charge in [-0.3, -0.25) is 4.79 Å². The van der Waals surface area contributed by atoms with Gasteiger partial charge in [0, 0.05) is 27.2 Å². The van der Waals surface area contributed by atoms with Crippen LogP contribution in [-0.4, -0.2) is 44.3 Å². The first-order valence-corrected chi connectivity index (χ1v) is 9.35. The van der Waals surface area contributed by atoms with Crippen molar-refractivity contribution in [2.24, 2.45) is 0 Å². The van der Waals surface area contributed by atoms with E-state index in [1.807, 2.05) is 33.8 Å². The number of ketones is 1. The van der Waals surface area contributed by atoms with Gasteiger partial charge in [0.25, 0.3) is 0 Å². The third-order valence-corrected chi connectivity index (χ3v) is 4.59. The van der Waals surface area contributed by atoms with E-state index in [4.69, 9.17) is 18.9 Å². The van der Waals surface area contributed by atoms with E-state index in [1.165, 1.54) is 0 Å². The van der Waals surface area contributed by atoms with E-state index < -0.39 is 11.6 Å². The number of rotatable bonds is 13. The van der Waals surface area contributed by atoms with Gasteiger partial charge in [0.15, 0.2) is 17.4 Å².